The fourth-order valence-electron chi connectivity index (χ4n) is 5.58. The molecule has 0 aromatic carbocycles. The molecule has 3 aliphatic rings. The Morgan fingerprint density at radius 2 is 2.04 bits per heavy atom. The minimum Gasteiger partial charge on any atom is -0.384 e. The van der Waals surface area contributed by atoms with Gasteiger partial charge >= 0.3 is 0 Å². The van der Waals surface area contributed by atoms with Crippen molar-refractivity contribution in [1.29, 1.82) is 10.5 Å². The van der Waals surface area contributed by atoms with Gasteiger partial charge in [0.05, 0.1) is 24.7 Å². The summed E-state index contributed by atoms with van der Waals surface area (Å²) in [6, 6.07) is 5.70. The summed E-state index contributed by atoms with van der Waals surface area (Å²) >= 11 is 0. The van der Waals surface area contributed by atoms with Gasteiger partial charge in [-0.25, -0.2) is 0 Å². The van der Waals surface area contributed by atoms with Crippen molar-refractivity contribution in [2.45, 2.75) is 69.6 Å². The molecule has 0 radical (unpaired) electrons. The number of nitrogens with one attached hydrogen (secondary N) is 3. The van der Waals surface area contributed by atoms with Gasteiger partial charge in [0, 0.05) is 56.6 Å². The maximum Gasteiger partial charge on any atom is 0.217 e. The second kappa shape index (κ2) is 9.69. The quantitative estimate of drug-likeness (QED) is 0.656. The van der Waals surface area contributed by atoms with Crippen molar-refractivity contribution in [3.05, 3.63) is 0 Å². The van der Waals surface area contributed by atoms with Crippen molar-refractivity contribution >= 4 is 5.91 Å². The van der Waals surface area contributed by atoms with Crippen LogP contribution in [0.1, 0.15) is 45.4 Å². The zero-order valence-electron chi connectivity index (χ0n) is 17.0. The van der Waals surface area contributed by atoms with Crippen LogP contribution in [0.5, 0.6) is 0 Å². The molecular weight excluding hydrogens is 354 g/mol. The molecule has 8 atom stereocenters. The summed E-state index contributed by atoms with van der Waals surface area (Å²) in [5, 5.41) is 29.6. The third-order valence-electron chi connectivity index (χ3n) is 6.88. The van der Waals surface area contributed by atoms with Crippen LogP contribution in [-0.2, 0) is 9.53 Å². The molecule has 1 amide bonds. The number of carbonyl (C=O) groups excluding carboxylic acids is 1. The van der Waals surface area contributed by atoms with E-state index < -0.39 is 0 Å². The molecule has 3 rings (SSSR count). The second-order valence-corrected chi connectivity index (χ2v) is 8.79. The Hall–Kier alpha value is -1.67. The summed E-state index contributed by atoms with van der Waals surface area (Å²) in [5.41, 5.74) is 0. The highest BCUT2D eigenvalue weighted by Gasteiger charge is 2.46. The van der Waals surface area contributed by atoms with Gasteiger partial charge in [0.2, 0.25) is 5.91 Å². The first-order chi connectivity index (χ1) is 13.5. The van der Waals surface area contributed by atoms with Crippen molar-refractivity contribution < 1.29 is 9.53 Å². The molecule has 0 spiro atoms. The minimum atomic E-state index is -0.0966. The number of rotatable bonds is 5. The molecule has 3 fully saturated rings. The van der Waals surface area contributed by atoms with E-state index in [1.807, 2.05) is 0 Å². The lowest BCUT2D eigenvalue weighted by Crippen LogP contribution is -2.65. The van der Waals surface area contributed by atoms with E-state index in [-0.39, 0.29) is 41.7 Å². The number of nitrogens with zero attached hydrogens (tertiary/aromatic N) is 2. The monoisotopic (exact) mass is 387 g/mol. The van der Waals surface area contributed by atoms with Crippen LogP contribution in [0, 0.1) is 46.3 Å². The van der Waals surface area contributed by atoms with Crippen LogP contribution in [0.2, 0.25) is 0 Å². The van der Waals surface area contributed by atoms with Crippen LogP contribution < -0.4 is 16.0 Å². The van der Waals surface area contributed by atoms with Gasteiger partial charge in [-0.1, -0.05) is 6.42 Å². The summed E-state index contributed by atoms with van der Waals surface area (Å²) in [6.45, 7) is 2.88. The third kappa shape index (κ3) is 4.84. The summed E-state index contributed by atoms with van der Waals surface area (Å²) in [4.78, 5) is 11.7. The zero-order valence-corrected chi connectivity index (χ0v) is 17.0. The number of carbonyl (C=O) groups is 1. The van der Waals surface area contributed by atoms with Gasteiger partial charge in [0.25, 0.3) is 0 Å². The predicted octanol–water partition coefficient (Wildman–Crippen LogP) is 1.32. The number of fused-ring (bicyclic) bond motifs is 1. The van der Waals surface area contributed by atoms with Gasteiger partial charge in [-0.15, -0.1) is 0 Å². The number of nitriles is 2. The number of methoxy groups -OCH3 is 1. The Bertz CT molecular complexity index is 627. The van der Waals surface area contributed by atoms with Crippen LogP contribution in [0.3, 0.4) is 0 Å². The van der Waals surface area contributed by atoms with Gasteiger partial charge in [0.15, 0.2) is 0 Å². The number of hydrogen-bond acceptors (Lipinski definition) is 6. The van der Waals surface area contributed by atoms with E-state index in [1.165, 1.54) is 0 Å². The highest BCUT2D eigenvalue weighted by molar-refractivity contribution is 5.73. The van der Waals surface area contributed by atoms with Crippen LogP contribution in [-0.4, -0.2) is 50.3 Å². The number of hydrogen-bond donors (Lipinski definition) is 3. The molecule has 154 valence electrons. The molecule has 2 saturated carbocycles. The molecule has 28 heavy (non-hydrogen) atoms. The van der Waals surface area contributed by atoms with E-state index in [2.05, 4.69) is 28.1 Å². The van der Waals surface area contributed by atoms with E-state index in [4.69, 9.17) is 4.74 Å². The predicted molar refractivity (Wildman–Crippen MR) is 105 cm³/mol. The first-order valence-corrected chi connectivity index (χ1v) is 10.6. The number of amides is 1. The summed E-state index contributed by atoms with van der Waals surface area (Å²) in [5.74, 6) is 0.568. The molecule has 7 nitrogen and oxygen atoms in total. The summed E-state index contributed by atoms with van der Waals surface area (Å²) in [6.07, 6.45) is 5.77. The highest BCUT2D eigenvalue weighted by Crippen LogP contribution is 2.37. The van der Waals surface area contributed by atoms with E-state index in [1.54, 1.807) is 14.0 Å². The van der Waals surface area contributed by atoms with Crippen LogP contribution in [0.15, 0.2) is 0 Å². The molecular formula is C21H33N5O2. The smallest absolute Gasteiger partial charge is 0.217 e. The first-order valence-electron chi connectivity index (χ1n) is 10.6. The molecule has 8 unspecified atom stereocenters. The lowest BCUT2D eigenvalue weighted by Gasteiger charge is -2.50. The Kier molecular flexibility index (Phi) is 7.29. The average molecular weight is 388 g/mol. The second-order valence-electron chi connectivity index (χ2n) is 8.79. The minimum absolute atomic E-state index is 0.0150. The van der Waals surface area contributed by atoms with Crippen LogP contribution >= 0.6 is 0 Å². The van der Waals surface area contributed by atoms with Gasteiger partial charge in [0.1, 0.15) is 0 Å². The van der Waals surface area contributed by atoms with Gasteiger partial charge in [-0.2, -0.15) is 10.5 Å². The Labute approximate surface area is 168 Å². The Balaban J connectivity index is 1.75. The van der Waals surface area contributed by atoms with Crippen molar-refractivity contribution in [2.24, 2.45) is 23.7 Å². The van der Waals surface area contributed by atoms with Crippen molar-refractivity contribution in [3.8, 4) is 12.1 Å². The van der Waals surface area contributed by atoms with E-state index in [0.717, 1.165) is 38.5 Å². The summed E-state index contributed by atoms with van der Waals surface area (Å²) < 4.78 is 5.41. The van der Waals surface area contributed by atoms with Crippen LogP contribution in [0.25, 0.3) is 0 Å². The molecule has 0 aromatic rings. The molecule has 7 heteroatoms. The number of piperidine rings is 1. The topological polar surface area (TPSA) is 110 Å². The number of ether oxygens (including phenoxy) is 1. The van der Waals surface area contributed by atoms with Crippen LogP contribution in [0.4, 0.5) is 0 Å². The zero-order chi connectivity index (χ0) is 20.1. The van der Waals surface area contributed by atoms with E-state index in [0.29, 0.717) is 25.2 Å². The van der Waals surface area contributed by atoms with E-state index >= 15 is 0 Å². The average Bonchev–Trinajstić information content (AvgIpc) is 2.69. The van der Waals surface area contributed by atoms with Crippen molar-refractivity contribution in [2.75, 3.05) is 20.3 Å². The molecule has 1 aliphatic heterocycles. The third-order valence-corrected chi connectivity index (χ3v) is 6.88. The molecule has 1 heterocycles. The molecule has 0 bridgehead atoms. The molecule has 2 aliphatic carbocycles. The van der Waals surface area contributed by atoms with Gasteiger partial charge in [-0.05, 0) is 38.0 Å². The lowest BCUT2D eigenvalue weighted by atomic mass is 9.67. The maximum absolute atomic E-state index is 11.7. The van der Waals surface area contributed by atoms with E-state index in [9.17, 15) is 15.3 Å². The van der Waals surface area contributed by atoms with Gasteiger partial charge < -0.3 is 20.7 Å². The van der Waals surface area contributed by atoms with Crippen molar-refractivity contribution in [3.63, 3.8) is 0 Å². The Morgan fingerprint density at radius 3 is 2.71 bits per heavy atom. The standard InChI is InChI=1S/C21H33N5O2/c1-13(27)25-19-8-18-20(7-15(19)12-28-2)24-11-16(10-23)21(18)26-17-5-3-4-14(6-17)9-22/h14-21,24,26H,3-8,11-12H2,1-2H3,(H,25,27). The van der Waals surface area contributed by atoms with Crippen molar-refractivity contribution in [1.82, 2.24) is 16.0 Å². The summed E-state index contributed by atoms with van der Waals surface area (Å²) in [7, 11) is 1.70. The van der Waals surface area contributed by atoms with Gasteiger partial charge in [-0.3, -0.25) is 4.79 Å². The highest BCUT2D eigenvalue weighted by atomic mass is 16.5. The molecule has 0 aromatic heterocycles. The lowest BCUT2D eigenvalue weighted by molar-refractivity contribution is -0.121. The first kappa shape index (κ1) is 21.0. The largest absolute Gasteiger partial charge is 0.384 e. The fourth-order valence-corrected chi connectivity index (χ4v) is 5.58. The molecule has 3 N–H and O–H groups in total. The molecule has 1 saturated heterocycles. The Morgan fingerprint density at radius 1 is 1.21 bits per heavy atom. The fraction of sp³-hybridized carbons (Fsp3) is 0.857. The SMILES string of the molecule is COCC1CC2NCC(C#N)C(NC3CCCC(C#N)C3)C2CC1NC(C)=O. The normalized spacial score (nSPS) is 40.6. The maximum atomic E-state index is 11.7.